The van der Waals surface area contributed by atoms with Gasteiger partial charge in [-0.05, 0) is 51.7 Å². The fourth-order valence-corrected chi connectivity index (χ4v) is 2.97. The molecule has 2 nitrogen and oxygen atoms in total. The van der Waals surface area contributed by atoms with Crippen LogP contribution >= 0.6 is 11.6 Å². The SMILES string of the molecule is CC(C)CC(CCl)NCCC1CCCCN1C. The van der Waals surface area contributed by atoms with Crippen LogP contribution in [0.1, 0.15) is 46.0 Å². The maximum absolute atomic E-state index is 5.99. The average Bonchev–Trinajstić information content (AvgIpc) is 2.29. The van der Waals surface area contributed by atoms with Crippen LogP contribution in [0, 0.1) is 5.92 Å². The molecule has 1 heterocycles. The minimum atomic E-state index is 0.491. The third-order valence-corrected chi connectivity index (χ3v) is 4.15. The molecule has 1 saturated heterocycles. The van der Waals surface area contributed by atoms with E-state index in [0.717, 1.165) is 24.4 Å². The van der Waals surface area contributed by atoms with Crippen LogP contribution in [0.5, 0.6) is 0 Å². The van der Waals surface area contributed by atoms with Gasteiger partial charge in [0.15, 0.2) is 0 Å². The third-order valence-electron chi connectivity index (χ3n) is 3.77. The minimum absolute atomic E-state index is 0.491. The molecule has 1 rings (SSSR count). The van der Waals surface area contributed by atoms with Gasteiger partial charge in [-0.25, -0.2) is 0 Å². The number of hydrogen-bond donors (Lipinski definition) is 1. The van der Waals surface area contributed by atoms with E-state index in [4.69, 9.17) is 11.6 Å². The summed E-state index contributed by atoms with van der Waals surface area (Å²) in [5.74, 6) is 1.46. The van der Waals surface area contributed by atoms with Gasteiger partial charge < -0.3 is 10.2 Å². The maximum atomic E-state index is 5.99. The molecule has 0 aromatic rings. The normalized spacial score (nSPS) is 24.2. The summed E-state index contributed by atoms with van der Waals surface area (Å²) in [5, 5.41) is 3.61. The van der Waals surface area contributed by atoms with Gasteiger partial charge in [-0.3, -0.25) is 0 Å². The predicted octanol–water partition coefficient (Wildman–Crippen LogP) is 3.10. The summed E-state index contributed by atoms with van der Waals surface area (Å²) in [6.45, 7) is 6.90. The van der Waals surface area contributed by atoms with Crippen LogP contribution in [0.3, 0.4) is 0 Å². The molecule has 0 aliphatic carbocycles. The summed E-state index contributed by atoms with van der Waals surface area (Å²) >= 11 is 5.99. The van der Waals surface area contributed by atoms with E-state index in [0.29, 0.717) is 6.04 Å². The molecule has 0 saturated carbocycles. The Morgan fingerprint density at radius 1 is 1.35 bits per heavy atom. The van der Waals surface area contributed by atoms with Crippen molar-refractivity contribution >= 4 is 11.6 Å². The van der Waals surface area contributed by atoms with Gasteiger partial charge in [-0.1, -0.05) is 20.3 Å². The number of alkyl halides is 1. The summed E-state index contributed by atoms with van der Waals surface area (Å²) in [6.07, 6.45) is 6.60. The van der Waals surface area contributed by atoms with E-state index in [9.17, 15) is 0 Å². The van der Waals surface area contributed by atoms with E-state index in [-0.39, 0.29) is 0 Å². The van der Waals surface area contributed by atoms with Gasteiger partial charge in [0, 0.05) is 18.0 Å². The number of rotatable bonds is 7. The Labute approximate surface area is 112 Å². The van der Waals surface area contributed by atoms with Crippen molar-refractivity contribution in [1.29, 1.82) is 0 Å². The Balaban J connectivity index is 2.16. The molecule has 0 radical (unpaired) electrons. The molecule has 1 aliphatic heterocycles. The summed E-state index contributed by atoms with van der Waals surface area (Å²) in [7, 11) is 2.26. The van der Waals surface area contributed by atoms with E-state index in [2.05, 4.69) is 31.1 Å². The zero-order valence-electron chi connectivity index (χ0n) is 11.7. The Hall–Kier alpha value is 0.210. The Morgan fingerprint density at radius 3 is 2.71 bits per heavy atom. The molecule has 17 heavy (non-hydrogen) atoms. The van der Waals surface area contributed by atoms with Crippen molar-refractivity contribution in [3.8, 4) is 0 Å². The molecule has 0 bridgehead atoms. The van der Waals surface area contributed by atoms with Crippen molar-refractivity contribution in [3.05, 3.63) is 0 Å². The van der Waals surface area contributed by atoms with Crippen LogP contribution < -0.4 is 5.32 Å². The number of nitrogens with one attached hydrogen (secondary N) is 1. The largest absolute Gasteiger partial charge is 0.313 e. The molecule has 3 heteroatoms. The lowest BCUT2D eigenvalue weighted by Gasteiger charge is -2.33. The molecule has 1 fully saturated rings. The molecule has 0 amide bonds. The topological polar surface area (TPSA) is 15.3 Å². The first kappa shape index (κ1) is 15.3. The van der Waals surface area contributed by atoms with Gasteiger partial charge in [0.1, 0.15) is 0 Å². The molecule has 1 N–H and O–H groups in total. The van der Waals surface area contributed by atoms with E-state index < -0.39 is 0 Å². The smallest absolute Gasteiger partial charge is 0.0377 e. The van der Waals surface area contributed by atoms with E-state index in [1.165, 1.54) is 38.6 Å². The highest BCUT2D eigenvalue weighted by molar-refractivity contribution is 6.18. The highest BCUT2D eigenvalue weighted by atomic mass is 35.5. The highest BCUT2D eigenvalue weighted by Crippen LogP contribution is 2.17. The van der Waals surface area contributed by atoms with Gasteiger partial charge >= 0.3 is 0 Å². The van der Waals surface area contributed by atoms with Crippen LogP contribution in [0.15, 0.2) is 0 Å². The molecule has 0 spiro atoms. The summed E-state index contributed by atoms with van der Waals surface area (Å²) in [4.78, 5) is 2.52. The second kappa shape index (κ2) is 8.34. The zero-order chi connectivity index (χ0) is 12.7. The van der Waals surface area contributed by atoms with Gasteiger partial charge in [0.2, 0.25) is 0 Å². The van der Waals surface area contributed by atoms with Crippen LogP contribution in [0.4, 0.5) is 0 Å². The average molecular weight is 261 g/mol. The van der Waals surface area contributed by atoms with E-state index >= 15 is 0 Å². The van der Waals surface area contributed by atoms with Crippen LogP contribution in [-0.2, 0) is 0 Å². The van der Waals surface area contributed by atoms with Crippen molar-refractivity contribution in [2.45, 2.75) is 58.0 Å². The summed E-state index contributed by atoms with van der Waals surface area (Å²) in [5.41, 5.74) is 0. The van der Waals surface area contributed by atoms with Gasteiger partial charge in [-0.2, -0.15) is 0 Å². The van der Waals surface area contributed by atoms with Crippen molar-refractivity contribution in [1.82, 2.24) is 10.2 Å². The lowest BCUT2D eigenvalue weighted by molar-refractivity contribution is 0.174. The maximum Gasteiger partial charge on any atom is 0.0377 e. The van der Waals surface area contributed by atoms with Gasteiger partial charge in [-0.15, -0.1) is 11.6 Å². The number of hydrogen-bond acceptors (Lipinski definition) is 2. The first-order chi connectivity index (χ1) is 8.13. The second-order valence-corrected chi connectivity index (χ2v) is 6.16. The number of nitrogens with zero attached hydrogens (tertiary/aromatic N) is 1. The Kier molecular flexibility index (Phi) is 7.49. The zero-order valence-corrected chi connectivity index (χ0v) is 12.5. The van der Waals surface area contributed by atoms with Crippen molar-refractivity contribution < 1.29 is 0 Å². The summed E-state index contributed by atoms with van der Waals surface area (Å²) in [6, 6.07) is 1.27. The van der Waals surface area contributed by atoms with Gasteiger partial charge in [0.05, 0.1) is 0 Å². The summed E-state index contributed by atoms with van der Waals surface area (Å²) < 4.78 is 0. The molecule has 0 aromatic heterocycles. The fraction of sp³-hybridized carbons (Fsp3) is 1.00. The molecular formula is C14H29ClN2. The lowest BCUT2D eigenvalue weighted by Crippen LogP contribution is -2.40. The monoisotopic (exact) mass is 260 g/mol. The minimum Gasteiger partial charge on any atom is -0.313 e. The molecule has 2 unspecified atom stereocenters. The van der Waals surface area contributed by atoms with E-state index in [1.54, 1.807) is 0 Å². The highest BCUT2D eigenvalue weighted by Gasteiger charge is 2.18. The van der Waals surface area contributed by atoms with Crippen molar-refractivity contribution in [3.63, 3.8) is 0 Å². The lowest BCUT2D eigenvalue weighted by atomic mass is 9.99. The quantitative estimate of drug-likeness (QED) is 0.708. The Bertz CT molecular complexity index is 197. The van der Waals surface area contributed by atoms with Crippen molar-refractivity contribution in [2.75, 3.05) is 26.0 Å². The van der Waals surface area contributed by atoms with Crippen LogP contribution in [0.25, 0.3) is 0 Å². The molecule has 2 atom stereocenters. The third kappa shape index (κ3) is 6.08. The standard InChI is InChI=1S/C14H29ClN2/c1-12(2)10-13(11-15)16-8-7-14-6-4-5-9-17(14)3/h12-14,16H,4-11H2,1-3H3. The van der Waals surface area contributed by atoms with Crippen molar-refractivity contribution in [2.24, 2.45) is 5.92 Å². The van der Waals surface area contributed by atoms with Crippen LogP contribution in [-0.4, -0.2) is 43.0 Å². The molecule has 0 aromatic carbocycles. The predicted molar refractivity (Wildman–Crippen MR) is 76.9 cm³/mol. The first-order valence-corrected chi connectivity index (χ1v) is 7.66. The fourth-order valence-electron chi connectivity index (χ4n) is 2.73. The number of likely N-dealkylation sites (tertiary alicyclic amines) is 1. The molecular weight excluding hydrogens is 232 g/mol. The van der Waals surface area contributed by atoms with Gasteiger partial charge in [0.25, 0.3) is 0 Å². The van der Waals surface area contributed by atoms with E-state index in [1.807, 2.05) is 0 Å². The number of halogens is 1. The first-order valence-electron chi connectivity index (χ1n) is 7.13. The van der Waals surface area contributed by atoms with Crippen LogP contribution in [0.2, 0.25) is 0 Å². The Morgan fingerprint density at radius 2 is 2.12 bits per heavy atom. The molecule has 1 aliphatic rings. The second-order valence-electron chi connectivity index (χ2n) is 5.85. The molecule has 102 valence electrons. The number of piperidine rings is 1.